The lowest BCUT2D eigenvalue weighted by Crippen LogP contribution is -2.06. The van der Waals surface area contributed by atoms with Crippen LogP contribution >= 0.6 is 11.6 Å². The van der Waals surface area contributed by atoms with Crippen LogP contribution in [0.4, 0.5) is 26.3 Å². The number of alkyl halides is 7. The Morgan fingerprint density at radius 1 is 0.727 bits per heavy atom. The molecule has 0 aliphatic rings. The van der Waals surface area contributed by atoms with Crippen molar-refractivity contribution in [2.75, 3.05) is 0 Å². The van der Waals surface area contributed by atoms with Gasteiger partial charge in [-0.3, -0.25) is 0 Å². The van der Waals surface area contributed by atoms with E-state index in [-0.39, 0.29) is 17.0 Å². The Morgan fingerprint density at radius 2 is 1.23 bits per heavy atom. The molecule has 0 spiro atoms. The van der Waals surface area contributed by atoms with Crippen LogP contribution < -0.4 is 0 Å². The summed E-state index contributed by atoms with van der Waals surface area (Å²) in [5, 5.41) is 0. The zero-order valence-corrected chi connectivity index (χ0v) is 11.7. The first-order chi connectivity index (χ1) is 10.1. The lowest BCUT2D eigenvalue weighted by Gasteiger charge is -2.13. The summed E-state index contributed by atoms with van der Waals surface area (Å²) in [6, 6.07) is 6.93. The molecule has 0 amide bonds. The van der Waals surface area contributed by atoms with E-state index in [9.17, 15) is 26.3 Å². The molecule has 2 aromatic rings. The van der Waals surface area contributed by atoms with Crippen molar-refractivity contribution in [1.29, 1.82) is 0 Å². The highest BCUT2D eigenvalue weighted by atomic mass is 35.5. The smallest absolute Gasteiger partial charge is 0.166 e. The lowest BCUT2D eigenvalue weighted by molar-refractivity contribution is -0.138. The molecule has 2 aromatic carbocycles. The zero-order chi connectivity index (χ0) is 16.5. The van der Waals surface area contributed by atoms with E-state index in [0.717, 1.165) is 36.4 Å². The third-order valence-corrected chi connectivity index (χ3v) is 3.39. The van der Waals surface area contributed by atoms with Gasteiger partial charge >= 0.3 is 12.4 Å². The first kappa shape index (κ1) is 16.7. The Hall–Kier alpha value is -1.69. The maximum absolute atomic E-state index is 12.8. The van der Waals surface area contributed by atoms with Crippen molar-refractivity contribution < 1.29 is 26.3 Å². The highest BCUT2D eigenvalue weighted by Gasteiger charge is 2.32. The maximum atomic E-state index is 12.8. The second-order valence-electron chi connectivity index (χ2n) is 4.58. The summed E-state index contributed by atoms with van der Waals surface area (Å²) in [6.07, 6.45) is -9.03. The molecule has 118 valence electrons. The van der Waals surface area contributed by atoms with Gasteiger partial charge in [-0.1, -0.05) is 18.2 Å². The summed E-state index contributed by atoms with van der Waals surface area (Å²) < 4.78 is 75.8. The molecule has 0 heterocycles. The minimum atomic E-state index is -4.54. The normalized spacial score (nSPS) is 12.5. The van der Waals surface area contributed by atoms with Crippen LogP contribution in [0.3, 0.4) is 0 Å². The molecule has 0 aliphatic carbocycles. The SMILES string of the molecule is FC(F)(F)c1ccc(-c2cc(C(F)(F)F)ccc2CCl)cc1. The van der Waals surface area contributed by atoms with Gasteiger partial charge < -0.3 is 0 Å². The molecule has 0 aliphatic heterocycles. The molecule has 0 atom stereocenters. The van der Waals surface area contributed by atoms with E-state index < -0.39 is 23.5 Å². The van der Waals surface area contributed by atoms with Crippen LogP contribution in [0.15, 0.2) is 42.5 Å². The van der Waals surface area contributed by atoms with Gasteiger partial charge in [0.05, 0.1) is 11.1 Å². The zero-order valence-electron chi connectivity index (χ0n) is 10.9. The molecule has 0 nitrogen and oxygen atoms in total. The van der Waals surface area contributed by atoms with E-state index in [4.69, 9.17) is 11.6 Å². The minimum absolute atomic E-state index is 0.0471. The summed E-state index contributed by atoms with van der Waals surface area (Å²) in [6.45, 7) is 0. The molecule has 0 unspecified atom stereocenters. The Morgan fingerprint density at radius 3 is 1.68 bits per heavy atom. The van der Waals surface area contributed by atoms with Crippen molar-refractivity contribution in [3.63, 3.8) is 0 Å². The predicted octanol–water partition coefficient (Wildman–Crippen LogP) is 6.13. The average molecular weight is 339 g/mol. The molecular weight excluding hydrogens is 330 g/mol. The van der Waals surface area contributed by atoms with Crippen molar-refractivity contribution in [2.45, 2.75) is 18.2 Å². The number of benzene rings is 2. The Labute approximate surface area is 127 Å². The third kappa shape index (κ3) is 3.55. The van der Waals surface area contributed by atoms with Gasteiger partial charge in [-0.05, 0) is 41.0 Å². The predicted molar refractivity (Wildman–Crippen MR) is 71.4 cm³/mol. The van der Waals surface area contributed by atoms with Gasteiger partial charge in [0.25, 0.3) is 0 Å². The fourth-order valence-corrected chi connectivity index (χ4v) is 2.21. The minimum Gasteiger partial charge on any atom is -0.166 e. The Kier molecular flexibility index (Phi) is 4.42. The highest BCUT2D eigenvalue weighted by Crippen LogP contribution is 2.36. The van der Waals surface area contributed by atoms with E-state index in [1.165, 1.54) is 6.07 Å². The van der Waals surface area contributed by atoms with Crippen LogP contribution in [0.1, 0.15) is 16.7 Å². The number of halogens is 7. The summed E-state index contributed by atoms with van der Waals surface area (Å²) >= 11 is 5.69. The molecule has 0 bridgehead atoms. The topological polar surface area (TPSA) is 0 Å². The average Bonchev–Trinajstić information content (AvgIpc) is 2.45. The number of rotatable bonds is 2. The number of hydrogen-bond donors (Lipinski definition) is 0. The second-order valence-corrected chi connectivity index (χ2v) is 4.85. The fraction of sp³-hybridized carbons (Fsp3) is 0.200. The van der Waals surface area contributed by atoms with Crippen LogP contribution in [0.25, 0.3) is 11.1 Å². The van der Waals surface area contributed by atoms with Crippen molar-refractivity contribution in [1.82, 2.24) is 0 Å². The van der Waals surface area contributed by atoms with Crippen molar-refractivity contribution in [2.24, 2.45) is 0 Å². The van der Waals surface area contributed by atoms with E-state index in [2.05, 4.69) is 0 Å². The molecule has 2 rings (SSSR count). The highest BCUT2D eigenvalue weighted by molar-refractivity contribution is 6.17. The molecule has 22 heavy (non-hydrogen) atoms. The van der Waals surface area contributed by atoms with Crippen LogP contribution in [-0.4, -0.2) is 0 Å². The molecule has 0 aromatic heterocycles. The van der Waals surface area contributed by atoms with E-state index in [0.29, 0.717) is 5.56 Å². The van der Waals surface area contributed by atoms with E-state index in [1.54, 1.807) is 0 Å². The maximum Gasteiger partial charge on any atom is 0.416 e. The number of hydrogen-bond acceptors (Lipinski definition) is 0. The van der Waals surface area contributed by atoms with E-state index in [1.807, 2.05) is 0 Å². The van der Waals surface area contributed by atoms with Gasteiger partial charge in [0.15, 0.2) is 0 Å². The summed E-state index contributed by atoms with van der Waals surface area (Å²) in [7, 11) is 0. The molecule has 0 saturated carbocycles. The molecule has 0 radical (unpaired) electrons. The van der Waals surface area contributed by atoms with Crippen molar-refractivity contribution in [3.8, 4) is 11.1 Å². The van der Waals surface area contributed by atoms with Gasteiger partial charge in [-0.2, -0.15) is 26.3 Å². The van der Waals surface area contributed by atoms with Crippen molar-refractivity contribution >= 4 is 11.6 Å². The van der Waals surface area contributed by atoms with Crippen LogP contribution in [-0.2, 0) is 18.2 Å². The molecular formula is C15H9ClF6. The molecule has 0 N–H and O–H groups in total. The monoisotopic (exact) mass is 338 g/mol. The standard InChI is InChI=1S/C15H9ClF6/c16-8-10-3-6-12(15(20,21)22)7-13(10)9-1-4-11(5-2-9)14(17,18)19/h1-7H,8H2. The quantitative estimate of drug-likeness (QED) is 0.456. The second kappa shape index (κ2) is 5.83. The van der Waals surface area contributed by atoms with Crippen LogP contribution in [0, 0.1) is 0 Å². The fourth-order valence-electron chi connectivity index (χ4n) is 1.98. The van der Waals surface area contributed by atoms with E-state index >= 15 is 0 Å². The van der Waals surface area contributed by atoms with Crippen molar-refractivity contribution in [3.05, 3.63) is 59.2 Å². The first-order valence-corrected chi connectivity index (χ1v) is 6.60. The molecule has 0 saturated heterocycles. The van der Waals surface area contributed by atoms with Crippen LogP contribution in [0.2, 0.25) is 0 Å². The third-order valence-electron chi connectivity index (χ3n) is 3.10. The summed E-state index contributed by atoms with van der Waals surface area (Å²) in [5.74, 6) is -0.0471. The summed E-state index contributed by atoms with van der Waals surface area (Å²) in [5.41, 5.74) is -0.922. The van der Waals surface area contributed by atoms with Gasteiger partial charge in [-0.15, -0.1) is 11.6 Å². The molecule has 7 heteroatoms. The first-order valence-electron chi connectivity index (χ1n) is 6.06. The van der Waals surface area contributed by atoms with Gasteiger partial charge in [0.2, 0.25) is 0 Å². The lowest BCUT2D eigenvalue weighted by atomic mass is 9.97. The largest absolute Gasteiger partial charge is 0.416 e. The van der Waals surface area contributed by atoms with Crippen LogP contribution in [0.5, 0.6) is 0 Å². The van der Waals surface area contributed by atoms with Gasteiger partial charge in [0, 0.05) is 5.88 Å². The summed E-state index contributed by atoms with van der Waals surface area (Å²) in [4.78, 5) is 0. The Balaban J connectivity index is 2.51. The van der Waals surface area contributed by atoms with Gasteiger partial charge in [-0.25, -0.2) is 0 Å². The Bertz CT molecular complexity index is 655. The molecule has 0 fully saturated rings. The van der Waals surface area contributed by atoms with Gasteiger partial charge in [0.1, 0.15) is 0 Å².